The Labute approximate surface area is 162 Å². The summed E-state index contributed by atoms with van der Waals surface area (Å²) in [4.78, 5) is 20.5. The molecule has 5 rings (SSSR count). The van der Waals surface area contributed by atoms with Crippen LogP contribution in [0.4, 0.5) is 0 Å². The molecule has 3 aromatic rings. The number of nitroso groups, excluding NO2 is 1. The van der Waals surface area contributed by atoms with Gasteiger partial charge in [-0.1, -0.05) is 65.8 Å². The van der Waals surface area contributed by atoms with Crippen molar-refractivity contribution in [3.8, 4) is 11.3 Å². The van der Waals surface area contributed by atoms with E-state index in [0.29, 0.717) is 5.46 Å². The van der Waals surface area contributed by atoms with Gasteiger partial charge in [-0.05, 0) is 33.9 Å². The smallest absolute Gasteiger partial charge is 0.425 e. The number of pyridine rings is 1. The van der Waals surface area contributed by atoms with Crippen LogP contribution in [0.5, 0.6) is 0 Å². The largest absolute Gasteiger partial charge is 0.518 e. The summed E-state index contributed by atoms with van der Waals surface area (Å²) < 4.78 is 0. The number of nitrogens with zero attached hydrogens (tertiary/aromatic N) is 3. The number of fused-ring (bicyclic) bond motifs is 4. The fraction of sp³-hybridized carbons (Fsp3) is 0.0909. The zero-order valence-corrected chi connectivity index (χ0v) is 14.9. The maximum Gasteiger partial charge on any atom is 0.518 e. The molecular formula is C22H16BN3O2. The van der Waals surface area contributed by atoms with Crippen molar-refractivity contribution < 1.29 is 5.02 Å². The van der Waals surface area contributed by atoms with Crippen molar-refractivity contribution in [3.05, 3.63) is 82.9 Å². The maximum absolute atomic E-state index is 10.9. The third-order valence-electron chi connectivity index (χ3n) is 5.38. The predicted molar refractivity (Wildman–Crippen MR) is 113 cm³/mol. The van der Waals surface area contributed by atoms with Gasteiger partial charge in [0, 0.05) is 17.7 Å². The minimum Gasteiger partial charge on any atom is -0.425 e. The molecule has 1 aliphatic carbocycles. The summed E-state index contributed by atoms with van der Waals surface area (Å²) in [6.07, 6.45) is 10.2. The van der Waals surface area contributed by atoms with E-state index < -0.39 is 7.05 Å². The molecule has 0 saturated heterocycles. The Morgan fingerprint density at radius 2 is 1.86 bits per heavy atom. The molecule has 2 heterocycles. The molecule has 0 bridgehead atoms. The molecule has 2 unspecified atom stereocenters. The Bertz CT molecular complexity index is 1190. The van der Waals surface area contributed by atoms with E-state index in [1.807, 2.05) is 48.7 Å². The fourth-order valence-electron chi connectivity index (χ4n) is 4.00. The first-order valence-corrected chi connectivity index (χ1v) is 9.18. The van der Waals surface area contributed by atoms with Crippen LogP contribution in [-0.4, -0.2) is 23.3 Å². The van der Waals surface area contributed by atoms with E-state index in [-0.39, 0.29) is 12.0 Å². The molecule has 0 spiro atoms. The lowest BCUT2D eigenvalue weighted by Crippen LogP contribution is -2.28. The quantitative estimate of drug-likeness (QED) is 0.568. The van der Waals surface area contributed by atoms with Crippen molar-refractivity contribution in [1.29, 1.82) is 0 Å². The minimum absolute atomic E-state index is 0.00317. The summed E-state index contributed by atoms with van der Waals surface area (Å²) in [6.45, 7) is 0. The second-order valence-electron chi connectivity index (χ2n) is 6.96. The van der Waals surface area contributed by atoms with Crippen LogP contribution < -0.4 is 5.46 Å². The molecule has 28 heavy (non-hydrogen) atoms. The number of aliphatic imine (C=N–C) groups is 1. The van der Waals surface area contributed by atoms with Crippen molar-refractivity contribution in [1.82, 2.24) is 4.98 Å². The van der Waals surface area contributed by atoms with Gasteiger partial charge < -0.3 is 5.02 Å². The van der Waals surface area contributed by atoms with Crippen molar-refractivity contribution in [2.75, 3.05) is 0 Å². The average molecular weight is 365 g/mol. The summed E-state index contributed by atoms with van der Waals surface area (Å²) in [5.74, 6) is 0.230. The summed E-state index contributed by atoms with van der Waals surface area (Å²) in [5.41, 5.74) is 4.33. The molecule has 2 aliphatic rings. The van der Waals surface area contributed by atoms with E-state index in [2.05, 4.69) is 34.4 Å². The molecule has 0 radical (unpaired) electrons. The zero-order valence-electron chi connectivity index (χ0n) is 14.9. The van der Waals surface area contributed by atoms with Crippen LogP contribution in [0.2, 0.25) is 0 Å². The van der Waals surface area contributed by atoms with Gasteiger partial charge in [0.2, 0.25) is 0 Å². The second kappa shape index (κ2) is 6.66. The lowest BCUT2D eigenvalue weighted by atomic mass is 9.72. The van der Waals surface area contributed by atoms with Gasteiger partial charge in [-0.25, -0.2) is 4.98 Å². The Balaban J connectivity index is 1.68. The van der Waals surface area contributed by atoms with Crippen molar-refractivity contribution >= 4 is 35.6 Å². The second-order valence-corrected chi connectivity index (χ2v) is 6.96. The van der Waals surface area contributed by atoms with Crippen LogP contribution in [0.25, 0.3) is 28.1 Å². The van der Waals surface area contributed by atoms with Gasteiger partial charge in [0.25, 0.3) is 0 Å². The van der Waals surface area contributed by atoms with Crippen molar-refractivity contribution in [2.45, 2.75) is 6.04 Å². The number of hydrogen-bond donors (Lipinski definition) is 1. The summed E-state index contributed by atoms with van der Waals surface area (Å²) >= 11 is 0. The number of dihydropyridines is 1. The standard InChI is InChI=1S/C22H16BN3O2/c27-23(26-28)19-11-10-18(16-5-1-2-6-17(16)19)20-12-9-15-8-7-14-4-3-13-24-21(14)22(15)25-20/h1-14,21,27H. The van der Waals surface area contributed by atoms with Crippen LogP contribution in [0, 0.1) is 10.8 Å². The molecule has 0 amide bonds. The van der Waals surface area contributed by atoms with E-state index in [1.54, 1.807) is 6.07 Å². The van der Waals surface area contributed by atoms with Crippen LogP contribution >= 0.6 is 0 Å². The molecule has 2 atom stereocenters. The molecule has 1 aliphatic heterocycles. The summed E-state index contributed by atoms with van der Waals surface area (Å²) in [5, 5.41) is 14.4. The van der Waals surface area contributed by atoms with Crippen LogP contribution in [0.15, 0.2) is 76.8 Å². The lowest BCUT2D eigenvalue weighted by molar-refractivity contribution is 0.588. The molecule has 1 aromatic heterocycles. The molecule has 134 valence electrons. The molecular weight excluding hydrogens is 349 g/mol. The lowest BCUT2D eigenvalue weighted by Gasteiger charge is -2.26. The minimum atomic E-state index is -1.38. The zero-order chi connectivity index (χ0) is 19.1. The van der Waals surface area contributed by atoms with Crippen LogP contribution in [0.1, 0.15) is 17.3 Å². The average Bonchev–Trinajstić information content (AvgIpc) is 2.77. The van der Waals surface area contributed by atoms with Crippen molar-refractivity contribution in [3.63, 3.8) is 0 Å². The Morgan fingerprint density at radius 3 is 2.71 bits per heavy atom. The van der Waals surface area contributed by atoms with E-state index in [4.69, 9.17) is 4.98 Å². The highest BCUT2D eigenvalue weighted by Crippen LogP contribution is 2.38. The maximum atomic E-state index is 10.9. The number of benzene rings is 2. The number of aromatic nitrogens is 1. The first kappa shape index (κ1) is 16.8. The highest BCUT2D eigenvalue weighted by molar-refractivity contribution is 6.67. The van der Waals surface area contributed by atoms with Gasteiger partial charge in [0.1, 0.15) is 6.04 Å². The molecule has 5 nitrogen and oxygen atoms in total. The van der Waals surface area contributed by atoms with Crippen molar-refractivity contribution in [2.24, 2.45) is 16.0 Å². The Kier molecular flexibility index (Phi) is 3.99. The number of allylic oxidation sites excluding steroid dienone is 1. The normalized spacial score (nSPS) is 19.3. The molecule has 0 fully saturated rings. The van der Waals surface area contributed by atoms with Gasteiger partial charge in [0.15, 0.2) is 0 Å². The van der Waals surface area contributed by atoms with Gasteiger partial charge in [-0.2, -0.15) is 4.91 Å². The topological polar surface area (TPSA) is 74.9 Å². The number of hydrogen-bond acceptors (Lipinski definition) is 5. The highest BCUT2D eigenvalue weighted by Gasteiger charge is 2.27. The first-order chi connectivity index (χ1) is 13.8. The molecule has 6 heteroatoms. The van der Waals surface area contributed by atoms with E-state index in [9.17, 15) is 9.93 Å². The molecule has 2 aromatic carbocycles. The predicted octanol–water partition coefficient (Wildman–Crippen LogP) is 3.68. The van der Waals surface area contributed by atoms with E-state index in [1.165, 1.54) is 0 Å². The van der Waals surface area contributed by atoms with Crippen LogP contribution in [0.3, 0.4) is 0 Å². The Morgan fingerprint density at radius 1 is 1.00 bits per heavy atom. The summed E-state index contributed by atoms with van der Waals surface area (Å²) in [6, 6.07) is 15.4. The monoisotopic (exact) mass is 365 g/mol. The van der Waals surface area contributed by atoms with E-state index in [0.717, 1.165) is 33.3 Å². The Hall–Kier alpha value is -3.38. The number of rotatable bonds is 3. The SMILES string of the molecule is O=NB(O)c1ccc(-c2ccc3c(n2)C2N=CC=CC2C=C3)c2ccccc12. The first-order valence-electron chi connectivity index (χ1n) is 9.18. The third-order valence-corrected chi connectivity index (χ3v) is 5.38. The van der Waals surface area contributed by atoms with Gasteiger partial charge in [-0.3, -0.25) is 4.99 Å². The highest BCUT2D eigenvalue weighted by atomic mass is 16.3. The van der Waals surface area contributed by atoms with E-state index >= 15 is 0 Å². The molecule has 0 saturated carbocycles. The van der Waals surface area contributed by atoms with Crippen LogP contribution in [-0.2, 0) is 0 Å². The van der Waals surface area contributed by atoms with Gasteiger partial charge >= 0.3 is 7.05 Å². The fourth-order valence-corrected chi connectivity index (χ4v) is 4.00. The molecule has 1 N–H and O–H groups in total. The third kappa shape index (κ3) is 2.61. The van der Waals surface area contributed by atoms with Gasteiger partial charge in [0.05, 0.1) is 11.4 Å². The summed E-state index contributed by atoms with van der Waals surface area (Å²) in [7, 11) is -1.38. The van der Waals surface area contributed by atoms with Gasteiger partial charge in [-0.15, -0.1) is 0 Å².